The van der Waals surface area contributed by atoms with E-state index in [1.807, 2.05) is 43.3 Å². The second kappa shape index (κ2) is 9.77. The van der Waals surface area contributed by atoms with Crippen molar-refractivity contribution in [2.75, 3.05) is 11.9 Å². The first-order chi connectivity index (χ1) is 15.8. The van der Waals surface area contributed by atoms with Crippen molar-refractivity contribution < 1.29 is 18.0 Å². The molecule has 1 aliphatic rings. The van der Waals surface area contributed by atoms with Crippen LogP contribution in [0.3, 0.4) is 0 Å². The molecule has 1 aliphatic heterocycles. The molecule has 0 spiro atoms. The number of nitrogens with zero attached hydrogens (tertiary/aromatic N) is 3. The van der Waals surface area contributed by atoms with Crippen molar-refractivity contribution in [3.8, 4) is 0 Å². The van der Waals surface area contributed by atoms with Crippen molar-refractivity contribution >= 4 is 38.3 Å². The summed E-state index contributed by atoms with van der Waals surface area (Å²) in [7, 11) is -3.94. The number of hydrogen-bond acceptors (Lipinski definition) is 7. The lowest BCUT2D eigenvalue weighted by molar-refractivity contribution is -0.128. The van der Waals surface area contributed by atoms with Crippen molar-refractivity contribution in [3.05, 3.63) is 70.8 Å². The summed E-state index contributed by atoms with van der Waals surface area (Å²) in [5.74, 6) is -0.272. The molecule has 2 N–H and O–H groups in total. The number of likely N-dealkylation sites (tertiary alicyclic amines) is 1. The fourth-order valence-corrected chi connectivity index (χ4v) is 5.50. The Morgan fingerprint density at radius 1 is 1.09 bits per heavy atom. The zero-order valence-electron chi connectivity index (χ0n) is 17.9. The zero-order valence-corrected chi connectivity index (χ0v) is 19.6. The minimum Gasteiger partial charge on any atom is -0.338 e. The van der Waals surface area contributed by atoms with Crippen LogP contribution in [-0.4, -0.2) is 41.9 Å². The van der Waals surface area contributed by atoms with Gasteiger partial charge in [0.25, 0.3) is 15.9 Å². The molecule has 0 saturated carbocycles. The van der Waals surface area contributed by atoms with Crippen LogP contribution in [0.1, 0.15) is 39.9 Å². The van der Waals surface area contributed by atoms with Crippen LogP contribution >= 0.6 is 11.3 Å². The van der Waals surface area contributed by atoms with E-state index in [0.29, 0.717) is 25.1 Å². The van der Waals surface area contributed by atoms with Gasteiger partial charge in [0.1, 0.15) is 0 Å². The predicted molar refractivity (Wildman–Crippen MR) is 124 cm³/mol. The van der Waals surface area contributed by atoms with Crippen LogP contribution in [-0.2, 0) is 27.9 Å². The Labute approximate surface area is 195 Å². The smallest absolute Gasteiger partial charge is 0.270 e. The average Bonchev–Trinajstić information content (AvgIpc) is 3.43. The number of aryl methyl sites for hydroxylation is 1. The Kier molecular flexibility index (Phi) is 6.82. The maximum absolute atomic E-state index is 12.8. The standard InChI is InChI=1S/C22H23N5O4S2/c1-15-7-2-5-10-18(15)20(29)24-21-25-26-22(32-21)33(30,31)23-13-16-8-3-4-9-17(16)14-27-12-6-11-19(27)28/h2-5,7-10,23H,6,11-14H2,1H3,(H,24,25,29). The molecule has 0 bridgehead atoms. The number of carbonyl (C=O) groups excluding carboxylic acids is 2. The van der Waals surface area contributed by atoms with Crippen LogP contribution in [0, 0.1) is 6.92 Å². The normalized spacial score (nSPS) is 14.0. The van der Waals surface area contributed by atoms with Gasteiger partial charge >= 0.3 is 0 Å². The molecule has 0 atom stereocenters. The molecule has 9 nitrogen and oxygen atoms in total. The second-order valence-electron chi connectivity index (χ2n) is 7.65. The van der Waals surface area contributed by atoms with Gasteiger partial charge in [-0.05, 0) is 36.1 Å². The monoisotopic (exact) mass is 485 g/mol. The molecule has 1 saturated heterocycles. The molecule has 33 heavy (non-hydrogen) atoms. The number of amides is 2. The molecular weight excluding hydrogens is 462 g/mol. The Bertz CT molecular complexity index is 1290. The Balaban J connectivity index is 1.42. The third-order valence-corrected chi connectivity index (χ3v) is 7.96. The maximum atomic E-state index is 12.8. The van der Waals surface area contributed by atoms with Crippen LogP contribution in [0.25, 0.3) is 0 Å². The van der Waals surface area contributed by atoms with Gasteiger partial charge in [0.05, 0.1) is 0 Å². The van der Waals surface area contributed by atoms with E-state index in [0.717, 1.165) is 34.4 Å². The number of rotatable bonds is 8. The van der Waals surface area contributed by atoms with E-state index < -0.39 is 10.0 Å². The van der Waals surface area contributed by atoms with E-state index in [9.17, 15) is 18.0 Å². The molecule has 2 amide bonds. The zero-order chi connectivity index (χ0) is 23.4. The molecule has 0 unspecified atom stereocenters. The summed E-state index contributed by atoms with van der Waals surface area (Å²) in [6, 6.07) is 14.5. The van der Waals surface area contributed by atoms with E-state index in [2.05, 4.69) is 20.2 Å². The van der Waals surface area contributed by atoms with Gasteiger partial charge < -0.3 is 4.90 Å². The molecule has 4 rings (SSSR count). The third kappa shape index (κ3) is 5.44. The highest BCUT2D eigenvalue weighted by atomic mass is 32.2. The fourth-order valence-electron chi connectivity index (χ4n) is 3.56. The van der Waals surface area contributed by atoms with Gasteiger partial charge in [0.15, 0.2) is 0 Å². The Hall–Kier alpha value is -3.15. The largest absolute Gasteiger partial charge is 0.338 e. The minimum atomic E-state index is -3.94. The number of carbonyl (C=O) groups is 2. The van der Waals surface area contributed by atoms with Crippen LogP contribution in [0.15, 0.2) is 52.9 Å². The molecule has 2 heterocycles. The predicted octanol–water partition coefficient (Wildman–Crippen LogP) is 2.70. The maximum Gasteiger partial charge on any atom is 0.270 e. The quantitative estimate of drug-likeness (QED) is 0.473. The molecule has 2 aromatic carbocycles. The van der Waals surface area contributed by atoms with Crippen LogP contribution in [0.5, 0.6) is 0 Å². The summed E-state index contributed by atoms with van der Waals surface area (Å²) in [5.41, 5.74) is 2.93. The van der Waals surface area contributed by atoms with Crippen molar-refractivity contribution in [3.63, 3.8) is 0 Å². The van der Waals surface area contributed by atoms with E-state index in [1.54, 1.807) is 17.0 Å². The van der Waals surface area contributed by atoms with Gasteiger partial charge in [0, 0.05) is 31.6 Å². The Morgan fingerprint density at radius 2 is 1.82 bits per heavy atom. The molecular formula is C22H23N5O4S2. The molecule has 172 valence electrons. The number of aromatic nitrogens is 2. The van der Waals surface area contributed by atoms with E-state index in [-0.39, 0.29) is 27.8 Å². The van der Waals surface area contributed by atoms with Crippen molar-refractivity contribution in [1.82, 2.24) is 19.8 Å². The van der Waals surface area contributed by atoms with Gasteiger partial charge in [-0.1, -0.05) is 53.8 Å². The first-order valence-corrected chi connectivity index (χ1v) is 12.7. The molecule has 0 radical (unpaired) electrons. The average molecular weight is 486 g/mol. The van der Waals surface area contributed by atoms with Gasteiger partial charge in [0.2, 0.25) is 15.4 Å². The first-order valence-electron chi connectivity index (χ1n) is 10.4. The summed E-state index contributed by atoms with van der Waals surface area (Å²) >= 11 is 0.777. The second-order valence-corrected chi connectivity index (χ2v) is 10.6. The number of nitrogens with one attached hydrogen (secondary N) is 2. The SMILES string of the molecule is Cc1ccccc1C(=O)Nc1nnc(S(=O)(=O)NCc2ccccc2CN2CCCC2=O)s1. The van der Waals surface area contributed by atoms with Crippen LogP contribution in [0.2, 0.25) is 0 Å². The highest BCUT2D eigenvalue weighted by Crippen LogP contribution is 2.22. The topological polar surface area (TPSA) is 121 Å². The van der Waals surface area contributed by atoms with Crippen molar-refractivity contribution in [1.29, 1.82) is 0 Å². The lowest BCUT2D eigenvalue weighted by Gasteiger charge is -2.18. The number of benzene rings is 2. The molecule has 1 aromatic heterocycles. The van der Waals surface area contributed by atoms with Crippen molar-refractivity contribution in [2.45, 2.75) is 37.2 Å². The summed E-state index contributed by atoms with van der Waals surface area (Å²) in [4.78, 5) is 26.2. The number of sulfonamides is 1. The van der Waals surface area contributed by atoms with E-state index >= 15 is 0 Å². The summed E-state index contributed by atoms with van der Waals surface area (Å²) in [6.07, 6.45) is 1.39. The molecule has 11 heteroatoms. The summed E-state index contributed by atoms with van der Waals surface area (Å²) < 4.78 is 27.8. The van der Waals surface area contributed by atoms with Gasteiger partial charge in [-0.15, -0.1) is 10.2 Å². The van der Waals surface area contributed by atoms with E-state index in [4.69, 9.17) is 0 Å². The molecule has 0 aliphatic carbocycles. The third-order valence-electron chi connectivity index (χ3n) is 5.35. The Morgan fingerprint density at radius 3 is 2.55 bits per heavy atom. The summed E-state index contributed by atoms with van der Waals surface area (Å²) in [5, 5.41) is 10.2. The van der Waals surface area contributed by atoms with Gasteiger partial charge in [-0.2, -0.15) is 0 Å². The summed E-state index contributed by atoms with van der Waals surface area (Å²) in [6.45, 7) is 3.02. The minimum absolute atomic E-state index is 0.0466. The molecule has 3 aromatic rings. The van der Waals surface area contributed by atoms with Crippen molar-refractivity contribution in [2.24, 2.45) is 0 Å². The number of anilines is 1. The van der Waals surface area contributed by atoms with Gasteiger partial charge in [-0.3, -0.25) is 14.9 Å². The first kappa shape index (κ1) is 23.0. The highest BCUT2D eigenvalue weighted by Gasteiger charge is 2.23. The lowest BCUT2D eigenvalue weighted by Crippen LogP contribution is -2.27. The van der Waals surface area contributed by atoms with E-state index in [1.165, 1.54) is 0 Å². The van der Waals surface area contributed by atoms with Crippen LogP contribution in [0.4, 0.5) is 5.13 Å². The lowest BCUT2D eigenvalue weighted by atomic mass is 10.1. The van der Waals surface area contributed by atoms with Crippen LogP contribution < -0.4 is 10.0 Å². The highest BCUT2D eigenvalue weighted by molar-refractivity contribution is 7.91. The fraction of sp³-hybridized carbons (Fsp3) is 0.273. The molecule has 1 fully saturated rings. The van der Waals surface area contributed by atoms with Gasteiger partial charge in [-0.25, -0.2) is 13.1 Å². The number of hydrogen-bond donors (Lipinski definition) is 2.